The summed E-state index contributed by atoms with van der Waals surface area (Å²) in [4.78, 5) is 11.8. The lowest BCUT2D eigenvalue weighted by Gasteiger charge is -2.11. The van der Waals surface area contributed by atoms with Gasteiger partial charge in [0.2, 0.25) is 0 Å². The summed E-state index contributed by atoms with van der Waals surface area (Å²) in [6, 6.07) is 4.21. The van der Waals surface area contributed by atoms with Crippen LogP contribution in [0.5, 0.6) is 5.75 Å². The Bertz CT molecular complexity index is 407. The van der Waals surface area contributed by atoms with Crippen LogP contribution in [-0.4, -0.2) is 30.3 Å². The Morgan fingerprint density at radius 1 is 1.56 bits per heavy atom. The van der Waals surface area contributed by atoms with Gasteiger partial charge < -0.3 is 15.2 Å². The summed E-state index contributed by atoms with van der Waals surface area (Å²) in [6.07, 6.45) is -0.0328. The number of nitrogens with one attached hydrogen (secondary N) is 1. The number of rotatable bonds is 6. The topological polar surface area (TPSA) is 58.6 Å². The van der Waals surface area contributed by atoms with Crippen molar-refractivity contribution in [1.29, 1.82) is 0 Å². The van der Waals surface area contributed by atoms with E-state index in [2.05, 4.69) is 5.32 Å². The van der Waals surface area contributed by atoms with Crippen LogP contribution in [0.15, 0.2) is 18.2 Å². The Hall–Kier alpha value is -1.62. The number of amides is 1. The quantitative estimate of drug-likeness (QED) is 0.813. The molecule has 0 fully saturated rings. The Balaban J connectivity index is 2.75. The molecule has 5 heteroatoms. The van der Waals surface area contributed by atoms with Gasteiger partial charge in [-0.2, -0.15) is 0 Å². The number of carbonyl (C=O) groups excluding carboxylic acids is 1. The van der Waals surface area contributed by atoms with Gasteiger partial charge in [0.25, 0.3) is 5.91 Å². The smallest absolute Gasteiger partial charge is 0.255 e. The molecule has 0 saturated heterocycles. The second-order valence-electron chi connectivity index (χ2n) is 3.94. The molecule has 0 aliphatic heterocycles. The fraction of sp³-hybridized carbons (Fsp3) is 0.462. The van der Waals surface area contributed by atoms with Crippen molar-refractivity contribution in [3.05, 3.63) is 29.6 Å². The highest BCUT2D eigenvalue weighted by Crippen LogP contribution is 2.22. The van der Waals surface area contributed by atoms with Crippen molar-refractivity contribution in [1.82, 2.24) is 5.32 Å². The van der Waals surface area contributed by atoms with Crippen LogP contribution in [0.4, 0.5) is 4.39 Å². The van der Waals surface area contributed by atoms with Crippen molar-refractivity contribution in [2.24, 2.45) is 0 Å². The standard InChI is InChI=1S/C13H18FNO3/c1-3-18-12-10(5-4-6-11(12)14)13(17)15-8-7-9(2)16/h4-6,9,16H,3,7-8H2,1-2H3,(H,15,17). The van der Waals surface area contributed by atoms with Gasteiger partial charge in [-0.3, -0.25) is 4.79 Å². The van der Waals surface area contributed by atoms with E-state index in [1.54, 1.807) is 13.8 Å². The van der Waals surface area contributed by atoms with E-state index in [1.807, 2.05) is 0 Å². The van der Waals surface area contributed by atoms with Gasteiger partial charge >= 0.3 is 0 Å². The molecule has 1 aromatic carbocycles. The van der Waals surface area contributed by atoms with Gasteiger partial charge in [-0.25, -0.2) is 4.39 Å². The third kappa shape index (κ3) is 4.00. The fourth-order valence-electron chi connectivity index (χ4n) is 1.47. The van der Waals surface area contributed by atoms with E-state index in [-0.39, 0.29) is 17.9 Å². The lowest BCUT2D eigenvalue weighted by molar-refractivity contribution is 0.0941. The number of halogens is 1. The normalized spacial score (nSPS) is 12.0. The van der Waals surface area contributed by atoms with E-state index >= 15 is 0 Å². The maximum Gasteiger partial charge on any atom is 0.255 e. The van der Waals surface area contributed by atoms with Crippen LogP contribution in [0.2, 0.25) is 0 Å². The zero-order valence-electron chi connectivity index (χ0n) is 10.6. The van der Waals surface area contributed by atoms with E-state index in [1.165, 1.54) is 18.2 Å². The number of ether oxygens (including phenoxy) is 1. The van der Waals surface area contributed by atoms with Crippen LogP contribution in [0.1, 0.15) is 30.6 Å². The van der Waals surface area contributed by atoms with Crippen LogP contribution in [0.3, 0.4) is 0 Å². The third-order valence-electron chi connectivity index (χ3n) is 2.35. The molecular formula is C13H18FNO3. The van der Waals surface area contributed by atoms with E-state index in [0.717, 1.165) is 0 Å². The molecule has 0 aliphatic carbocycles. The van der Waals surface area contributed by atoms with Crippen molar-refractivity contribution >= 4 is 5.91 Å². The molecule has 0 aromatic heterocycles. The molecule has 1 rings (SSSR count). The largest absolute Gasteiger partial charge is 0.490 e. The maximum atomic E-state index is 13.5. The summed E-state index contributed by atoms with van der Waals surface area (Å²) in [5.41, 5.74) is 0.169. The fourth-order valence-corrected chi connectivity index (χ4v) is 1.47. The highest BCUT2D eigenvalue weighted by atomic mass is 19.1. The minimum Gasteiger partial charge on any atom is -0.490 e. The average Bonchev–Trinajstić information content (AvgIpc) is 2.31. The minimum atomic E-state index is -0.556. The van der Waals surface area contributed by atoms with Crippen molar-refractivity contribution in [2.75, 3.05) is 13.2 Å². The van der Waals surface area contributed by atoms with E-state index in [4.69, 9.17) is 9.84 Å². The predicted octanol–water partition coefficient (Wildman–Crippen LogP) is 1.73. The Kier molecular flexibility index (Phi) is 5.58. The van der Waals surface area contributed by atoms with E-state index in [9.17, 15) is 9.18 Å². The molecule has 1 atom stereocenters. The third-order valence-corrected chi connectivity index (χ3v) is 2.35. The van der Waals surface area contributed by atoms with Gasteiger partial charge in [-0.15, -0.1) is 0 Å². The van der Waals surface area contributed by atoms with E-state index < -0.39 is 17.8 Å². The Labute approximate surface area is 106 Å². The first kappa shape index (κ1) is 14.4. The zero-order chi connectivity index (χ0) is 13.5. The molecule has 100 valence electrons. The number of hydrogen-bond acceptors (Lipinski definition) is 3. The summed E-state index contributed by atoms with van der Waals surface area (Å²) in [5, 5.41) is 11.7. The molecule has 0 bridgehead atoms. The van der Waals surface area contributed by atoms with Gasteiger partial charge in [0.05, 0.1) is 18.3 Å². The predicted molar refractivity (Wildman–Crippen MR) is 66.2 cm³/mol. The minimum absolute atomic E-state index is 0.0328. The lowest BCUT2D eigenvalue weighted by Crippen LogP contribution is -2.27. The highest BCUT2D eigenvalue weighted by Gasteiger charge is 2.15. The summed E-state index contributed by atoms with van der Waals surface area (Å²) < 4.78 is 18.6. The second-order valence-corrected chi connectivity index (χ2v) is 3.94. The molecule has 1 amide bonds. The number of aliphatic hydroxyl groups excluding tert-OH is 1. The number of para-hydroxylation sites is 1. The van der Waals surface area contributed by atoms with Crippen LogP contribution in [0, 0.1) is 5.82 Å². The first-order valence-electron chi connectivity index (χ1n) is 5.93. The Morgan fingerprint density at radius 2 is 2.28 bits per heavy atom. The lowest BCUT2D eigenvalue weighted by atomic mass is 10.1. The van der Waals surface area contributed by atoms with Crippen molar-refractivity contribution in [2.45, 2.75) is 26.4 Å². The first-order valence-corrected chi connectivity index (χ1v) is 5.93. The molecule has 2 N–H and O–H groups in total. The number of benzene rings is 1. The van der Waals surface area contributed by atoms with E-state index in [0.29, 0.717) is 13.0 Å². The summed E-state index contributed by atoms with van der Waals surface area (Å²) >= 11 is 0. The summed E-state index contributed by atoms with van der Waals surface area (Å²) in [5.74, 6) is -0.992. The maximum absolute atomic E-state index is 13.5. The van der Waals surface area contributed by atoms with Gasteiger partial charge in [0, 0.05) is 6.54 Å². The molecule has 0 heterocycles. The Morgan fingerprint density at radius 3 is 2.89 bits per heavy atom. The van der Waals surface area contributed by atoms with Gasteiger partial charge in [0.15, 0.2) is 11.6 Å². The van der Waals surface area contributed by atoms with Crippen molar-refractivity contribution in [3.8, 4) is 5.75 Å². The van der Waals surface area contributed by atoms with Crippen molar-refractivity contribution < 1.29 is 19.0 Å². The first-order chi connectivity index (χ1) is 8.56. The van der Waals surface area contributed by atoms with Crippen molar-refractivity contribution in [3.63, 3.8) is 0 Å². The average molecular weight is 255 g/mol. The molecule has 1 aromatic rings. The molecule has 0 aliphatic rings. The summed E-state index contributed by atoms with van der Waals surface area (Å²) in [7, 11) is 0. The molecular weight excluding hydrogens is 237 g/mol. The molecule has 0 saturated carbocycles. The van der Waals surface area contributed by atoms with Crippen LogP contribution >= 0.6 is 0 Å². The summed E-state index contributed by atoms with van der Waals surface area (Å²) in [6.45, 7) is 3.98. The zero-order valence-corrected chi connectivity index (χ0v) is 10.6. The van der Waals surface area contributed by atoms with Gasteiger partial charge in [0.1, 0.15) is 0 Å². The van der Waals surface area contributed by atoms with Gasteiger partial charge in [-0.05, 0) is 32.4 Å². The second kappa shape index (κ2) is 6.96. The molecule has 0 spiro atoms. The van der Waals surface area contributed by atoms with Crippen LogP contribution in [-0.2, 0) is 0 Å². The van der Waals surface area contributed by atoms with Gasteiger partial charge in [-0.1, -0.05) is 6.07 Å². The van der Waals surface area contributed by atoms with Crippen LogP contribution in [0.25, 0.3) is 0 Å². The number of aliphatic hydroxyl groups is 1. The highest BCUT2D eigenvalue weighted by molar-refractivity contribution is 5.96. The number of carbonyl (C=O) groups is 1. The molecule has 4 nitrogen and oxygen atoms in total. The van der Waals surface area contributed by atoms with Crippen LogP contribution < -0.4 is 10.1 Å². The monoisotopic (exact) mass is 255 g/mol. The molecule has 1 unspecified atom stereocenters. The number of hydrogen-bond donors (Lipinski definition) is 2. The molecule has 18 heavy (non-hydrogen) atoms. The SMILES string of the molecule is CCOc1c(F)cccc1C(=O)NCCC(C)O. The molecule has 0 radical (unpaired) electrons.